The fraction of sp³-hybridized carbons (Fsp3) is 0.231. The van der Waals surface area contributed by atoms with Crippen LogP contribution in [0.2, 0.25) is 0 Å². The maximum Gasteiger partial charge on any atom is 0.238 e. The van der Waals surface area contributed by atoms with Gasteiger partial charge in [-0.15, -0.1) is 23.5 Å². The van der Waals surface area contributed by atoms with Gasteiger partial charge in [-0.2, -0.15) is 0 Å². The van der Waals surface area contributed by atoms with E-state index in [4.69, 9.17) is 0 Å². The third-order valence-electron chi connectivity index (χ3n) is 6.11. The van der Waals surface area contributed by atoms with Crippen molar-refractivity contribution in [3.05, 3.63) is 94.6 Å². The maximum absolute atomic E-state index is 14.2. The summed E-state index contributed by atoms with van der Waals surface area (Å²) < 4.78 is 28.3. The molecule has 0 aliphatic carbocycles. The van der Waals surface area contributed by atoms with E-state index in [-0.39, 0.29) is 34.2 Å². The molecule has 2 amide bonds. The quantitative estimate of drug-likeness (QED) is 0.435. The molecule has 0 N–H and O–H groups in total. The molecule has 0 radical (unpaired) electrons. The van der Waals surface area contributed by atoms with E-state index in [9.17, 15) is 18.4 Å². The number of carbonyl (C=O) groups excluding carboxylic acids is 2. The summed E-state index contributed by atoms with van der Waals surface area (Å²) in [5.41, 5.74) is 3.98. The van der Waals surface area contributed by atoms with Gasteiger partial charge in [0.25, 0.3) is 0 Å². The van der Waals surface area contributed by atoms with E-state index in [1.54, 1.807) is 47.9 Å². The molecule has 0 aromatic heterocycles. The standard InChI is InChI=1S/C26H22F2N2O2S2/c1-15-3-9-19(11-21(15)27)29-23(31)13-33-25(29)17-5-7-18(8-6-17)26-30(24(32)14-34-26)20-10-4-16(2)22(28)12-20/h3-12,25-26H,13-14H2,1-2H3/t25-,26-/m0/s1. The average Bonchev–Trinajstić information content (AvgIpc) is 3.40. The Bertz CT molecular complexity index is 1180. The van der Waals surface area contributed by atoms with Crippen LogP contribution in [0, 0.1) is 25.5 Å². The molecule has 34 heavy (non-hydrogen) atoms. The number of benzene rings is 3. The molecule has 4 nitrogen and oxygen atoms in total. The molecular weight excluding hydrogens is 474 g/mol. The van der Waals surface area contributed by atoms with Gasteiger partial charge in [-0.25, -0.2) is 8.78 Å². The molecule has 2 aliphatic rings. The van der Waals surface area contributed by atoms with Crippen LogP contribution in [-0.2, 0) is 9.59 Å². The summed E-state index contributed by atoms with van der Waals surface area (Å²) in [6.45, 7) is 3.38. The van der Waals surface area contributed by atoms with Gasteiger partial charge in [0.2, 0.25) is 11.8 Å². The second-order valence-electron chi connectivity index (χ2n) is 8.39. The lowest BCUT2D eigenvalue weighted by molar-refractivity contribution is -0.116. The van der Waals surface area contributed by atoms with E-state index in [1.807, 2.05) is 24.3 Å². The Morgan fingerprint density at radius 1 is 0.676 bits per heavy atom. The lowest BCUT2D eigenvalue weighted by Crippen LogP contribution is -2.28. The van der Waals surface area contributed by atoms with E-state index >= 15 is 0 Å². The monoisotopic (exact) mass is 496 g/mol. The number of carbonyl (C=O) groups is 2. The first-order chi connectivity index (χ1) is 16.3. The molecule has 0 unspecified atom stereocenters. The number of anilines is 2. The lowest BCUT2D eigenvalue weighted by atomic mass is 10.1. The van der Waals surface area contributed by atoms with Crippen LogP contribution in [-0.4, -0.2) is 23.3 Å². The number of amides is 2. The Morgan fingerprint density at radius 3 is 1.41 bits per heavy atom. The van der Waals surface area contributed by atoms with Crippen molar-refractivity contribution in [1.29, 1.82) is 0 Å². The molecule has 2 saturated heterocycles. The SMILES string of the molecule is Cc1ccc(N2C(=O)CS[C@H]2c2ccc([C@@H]3SCC(=O)N3c3ccc(C)c(F)c3)cc2)cc1F. The van der Waals surface area contributed by atoms with Crippen LogP contribution in [0.25, 0.3) is 0 Å². The summed E-state index contributed by atoms with van der Waals surface area (Å²) in [6, 6.07) is 17.5. The lowest BCUT2D eigenvalue weighted by Gasteiger charge is -2.26. The summed E-state index contributed by atoms with van der Waals surface area (Å²) in [4.78, 5) is 28.5. The van der Waals surface area contributed by atoms with Crippen LogP contribution in [0.5, 0.6) is 0 Å². The van der Waals surface area contributed by atoms with Crippen LogP contribution < -0.4 is 9.80 Å². The Balaban J connectivity index is 1.42. The molecular formula is C26H22F2N2O2S2. The fourth-order valence-electron chi connectivity index (χ4n) is 4.19. The zero-order valence-electron chi connectivity index (χ0n) is 18.6. The summed E-state index contributed by atoms with van der Waals surface area (Å²) in [5.74, 6) is -0.166. The van der Waals surface area contributed by atoms with Crippen molar-refractivity contribution < 1.29 is 18.4 Å². The first kappa shape index (κ1) is 22.9. The third kappa shape index (κ3) is 4.09. The summed E-state index contributed by atoms with van der Waals surface area (Å²) >= 11 is 3.00. The topological polar surface area (TPSA) is 40.6 Å². The van der Waals surface area contributed by atoms with Gasteiger partial charge < -0.3 is 0 Å². The highest BCUT2D eigenvalue weighted by Crippen LogP contribution is 2.45. The van der Waals surface area contributed by atoms with Gasteiger partial charge in [0.1, 0.15) is 22.4 Å². The molecule has 0 spiro atoms. The van der Waals surface area contributed by atoms with Crippen LogP contribution in [0.1, 0.15) is 33.0 Å². The van der Waals surface area contributed by atoms with Crippen LogP contribution in [0.4, 0.5) is 20.2 Å². The molecule has 5 rings (SSSR count). The van der Waals surface area contributed by atoms with Crippen molar-refractivity contribution in [1.82, 2.24) is 0 Å². The average molecular weight is 497 g/mol. The number of thioether (sulfide) groups is 2. The Hall–Kier alpha value is -2.84. The molecule has 3 aromatic rings. The zero-order valence-corrected chi connectivity index (χ0v) is 20.3. The van der Waals surface area contributed by atoms with Crippen LogP contribution in [0.3, 0.4) is 0 Å². The van der Waals surface area contributed by atoms with Gasteiger partial charge in [-0.3, -0.25) is 19.4 Å². The largest absolute Gasteiger partial charge is 0.295 e. The van der Waals surface area contributed by atoms with Crippen molar-refractivity contribution in [2.24, 2.45) is 0 Å². The predicted molar refractivity (Wildman–Crippen MR) is 134 cm³/mol. The number of hydrogen-bond donors (Lipinski definition) is 0. The Morgan fingerprint density at radius 2 is 1.06 bits per heavy atom. The van der Waals surface area contributed by atoms with Crippen molar-refractivity contribution in [2.45, 2.75) is 24.6 Å². The molecule has 3 aromatic carbocycles. The Kier molecular flexibility index (Phi) is 6.12. The van der Waals surface area contributed by atoms with E-state index < -0.39 is 0 Å². The molecule has 0 bridgehead atoms. The fourth-order valence-corrected chi connectivity index (χ4v) is 6.54. The number of halogens is 2. The minimum Gasteiger partial charge on any atom is -0.295 e. The van der Waals surface area contributed by atoms with Gasteiger partial charge >= 0.3 is 0 Å². The third-order valence-corrected chi connectivity index (χ3v) is 8.53. The van der Waals surface area contributed by atoms with E-state index in [0.29, 0.717) is 34.0 Å². The van der Waals surface area contributed by atoms with Crippen molar-refractivity contribution >= 4 is 46.7 Å². The number of nitrogens with zero attached hydrogens (tertiary/aromatic N) is 2. The molecule has 174 valence electrons. The van der Waals surface area contributed by atoms with E-state index in [1.165, 1.54) is 35.7 Å². The molecule has 2 fully saturated rings. The maximum atomic E-state index is 14.2. The van der Waals surface area contributed by atoms with Gasteiger partial charge in [0.15, 0.2) is 0 Å². The minimum atomic E-state index is -0.341. The minimum absolute atomic E-state index is 0.0631. The second kappa shape index (κ2) is 9.07. The summed E-state index contributed by atoms with van der Waals surface area (Å²) in [7, 11) is 0. The number of rotatable bonds is 4. The highest BCUT2D eigenvalue weighted by Gasteiger charge is 2.36. The molecule has 8 heteroatoms. The molecule has 2 heterocycles. The smallest absolute Gasteiger partial charge is 0.238 e. The van der Waals surface area contributed by atoms with Crippen molar-refractivity contribution in [3.63, 3.8) is 0 Å². The van der Waals surface area contributed by atoms with Crippen molar-refractivity contribution in [2.75, 3.05) is 21.3 Å². The number of aryl methyl sites for hydroxylation is 2. The van der Waals surface area contributed by atoms with Gasteiger partial charge in [0.05, 0.1) is 11.5 Å². The highest BCUT2D eigenvalue weighted by molar-refractivity contribution is 8.01. The molecule has 2 atom stereocenters. The number of hydrogen-bond acceptors (Lipinski definition) is 4. The van der Waals surface area contributed by atoms with Gasteiger partial charge in [-0.05, 0) is 60.4 Å². The first-order valence-corrected chi connectivity index (χ1v) is 12.9. The highest BCUT2D eigenvalue weighted by atomic mass is 32.2. The van der Waals surface area contributed by atoms with Gasteiger partial charge in [0, 0.05) is 11.4 Å². The van der Waals surface area contributed by atoms with Gasteiger partial charge in [-0.1, -0.05) is 36.4 Å². The first-order valence-electron chi connectivity index (χ1n) is 10.8. The predicted octanol–water partition coefficient (Wildman–Crippen LogP) is 6.14. The molecule has 0 saturated carbocycles. The van der Waals surface area contributed by atoms with E-state index in [2.05, 4.69) is 0 Å². The summed E-state index contributed by atoms with van der Waals surface area (Å²) in [5, 5.41) is -0.521. The molecule has 2 aliphatic heterocycles. The van der Waals surface area contributed by atoms with Crippen LogP contribution in [0.15, 0.2) is 60.7 Å². The van der Waals surface area contributed by atoms with E-state index in [0.717, 1.165) is 11.1 Å². The van der Waals surface area contributed by atoms with Crippen molar-refractivity contribution in [3.8, 4) is 0 Å². The normalized spacial score (nSPS) is 20.5. The second-order valence-corrected chi connectivity index (χ2v) is 10.5. The zero-order chi connectivity index (χ0) is 24.0. The summed E-state index contributed by atoms with van der Waals surface area (Å²) in [6.07, 6.45) is 0. The Labute approximate surface area is 205 Å². The van der Waals surface area contributed by atoms with Crippen LogP contribution >= 0.6 is 23.5 Å².